The van der Waals surface area contributed by atoms with Gasteiger partial charge in [-0.3, -0.25) is 4.79 Å². The van der Waals surface area contributed by atoms with Gasteiger partial charge in [0.15, 0.2) is 5.76 Å². The van der Waals surface area contributed by atoms with Crippen LogP contribution in [0.1, 0.15) is 5.56 Å². The molecule has 7 heteroatoms. The van der Waals surface area contributed by atoms with E-state index in [0.29, 0.717) is 11.6 Å². The fourth-order valence-corrected chi connectivity index (χ4v) is 1.78. The number of nitrogens with zero attached hydrogens (tertiary/aromatic N) is 4. The molecule has 1 aromatic carbocycles. The molecule has 1 N–H and O–H groups in total. The molecule has 0 saturated carbocycles. The van der Waals surface area contributed by atoms with Gasteiger partial charge in [0.25, 0.3) is 0 Å². The first kappa shape index (κ1) is 13.0. The van der Waals surface area contributed by atoms with Gasteiger partial charge in [-0.1, -0.05) is 17.7 Å². The number of rotatable bonds is 4. The number of anilines is 1. The fraction of sp³-hybridized carbons (Fsp3) is 0.143. The fourth-order valence-electron chi connectivity index (χ4n) is 1.78. The number of amides is 1. The standard InChI is InChI=1S/C14H13N5O2/c1-10-4-6-11(7-5-10)15-13(20)9-19-17-14(16-18-19)12-3-2-8-21-12/h2-8H,9H2,1H3,(H,15,20). The number of carbonyl (C=O) groups is 1. The van der Waals surface area contributed by atoms with Gasteiger partial charge in [-0.2, -0.15) is 4.80 Å². The van der Waals surface area contributed by atoms with Gasteiger partial charge in [0.1, 0.15) is 6.54 Å². The zero-order valence-electron chi connectivity index (χ0n) is 11.4. The molecule has 0 radical (unpaired) electrons. The molecule has 0 unspecified atom stereocenters. The molecule has 0 atom stereocenters. The summed E-state index contributed by atoms with van der Waals surface area (Å²) in [4.78, 5) is 13.1. The van der Waals surface area contributed by atoms with E-state index in [1.165, 1.54) is 11.1 Å². The van der Waals surface area contributed by atoms with Crippen molar-refractivity contribution in [3.8, 4) is 11.6 Å². The van der Waals surface area contributed by atoms with Crippen LogP contribution in [-0.2, 0) is 11.3 Å². The van der Waals surface area contributed by atoms with Crippen molar-refractivity contribution in [3.63, 3.8) is 0 Å². The highest BCUT2D eigenvalue weighted by molar-refractivity contribution is 5.90. The van der Waals surface area contributed by atoms with Gasteiger partial charge < -0.3 is 9.73 Å². The zero-order valence-corrected chi connectivity index (χ0v) is 11.4. The number of nitrogens with one attached hydrogen (secondary N) is 1. The largest absolute Gasteiger partial charge is 0.461 e. The highest BCUT2D eigenvalue weighted by Gasteiger charge is 2.11. The van der Waals surface area contributed by atoms with Crippen LogP contribution in [-0.4, -0.2) is 26.1 Å². The molecule has 0 aliphatic rings. The normalized spacial score (nSPS) is 10.5. The number of aromatic nitrogens is 4. The van der Waals surface area contributed by atoms with Crippen molar-refractivity contribution in [2.45, 2.75) is 13.5 Å². The molecular formula is C14H13N5O2. The van der Waals surface area contributed by atoms with E-state index >= 15 is 0 Å². The topological polar surface area (TPSA) is 85.8 Å². The SMILES string of the molecule is Cc1ccc(NC(=O)Cn2nnc(-c3ccco3)n2)cc1. The number of furan rings is 1. The number of carbonyl (C=O) groups excluding carboxylic acids is 1. The molecule has 106 valence electrons. The lowest BCUT2D eigenvalue weighted by molar-refractivity contribution is -0.117. The van der Waals surface area contributed by atoms with Gasteiger partial charge in [-0.05, 0) is 36.4 Å². The summed E-state index contributed by atoms with van der Waals surface area (Å²) in [5.41, 5.74) is 1.87. The Hall–Kier alpha value is -2.96. The van der Waals surface area contributed by atoms with Gasteiger partial charge in [0.05, 0.1) is 6.26 Å². The maximum absolute atomic E-state index is 11.9. The Morgan fingerprint density at radius 2 is 2.10 bits per heavy atom. The molecule has 2 heterocycles. The maximum Gasteiger partial charge on any atom is 0.248 e. The van der Waals surface area contributed by atoms with Gasteiger partial charge in [-0.25, -0.2) is 0 Å². The molecular weight excluding hydrogens is 270 g/mol. The lowest BCUT2D eigenvalue weighted by Gasteiger charge is -2.04. The molecule has 0 saturated heterocycles. The van der Waals surface area contributed by atoms with E-state index < -0.39 is 0 Å². The maximum atomic E-state index is 11.9. The van der Waals surface area contributed by atoms with Crippen LogP contribution in [0.4, 0.5) is 5.69 Å². The predicted octanol–water partition coefficient (Wildman–Crippen LogP) is 1.88. The first-order valence-electron chi connectivity index (χ1n) is 6.39. The number of benzene rings is 1. The molecule has 0 fully saturated rings. The highest BCUT2D eigenvalue weighted by Crippen LogP contribution is 2.13. The van der Waals surface area contributed by atoms with Crippen molar-refractivity contribution >= 4 is 11.6 Å². The number of hydrogen-bond donors (Lipinski definition) is 1. The number of tetrazole rings is 1. The summed E-state index contributed by atoms with van der Waals surface area (Å²) in [6.07, 6.45) is 1.53. The Kier molecular flexibility index (Phi) is 3.46. The average Bonchev–Trinajstić information content (AvgIpc) is 3.12. The number of hydrogen-bond acceptors (Lipinski definition) is 5. The molecule has 0 spiro atoms. The summed E-state index contributed by atoms with van der Waals surface area (Å²) in [6, 6.07) is 11.0. The van der Waals surface area contributed by atoms with Crippen molar-refractivity contribution in [3.05, 3.63) is 48.2 Å². The van der Waals surface area contributed by atoms with Crippen molar-refractivity contribution in [1.82, 2.24) is 20.2 Å². The molecule has 0 aliphatic heterocycles. The van der Waals surface area contributed by atoms with Crippen LogP contribution in [0, 0.1) is 6.92 Å². The molecule has 2 aromatic heterocycles. The third kappa shape index (κ3) is 3.14. The third-order valence-electron chi connectivity index (χ3n) is 2.81. The molecule has 3 rings (SSSR count). The van der Waals surface area contributed by atoms with Crippen LogP contribution in [0.25, 0.3) is 11.6 Å². The molecule has 21 heavy (non-hydrogen) atoms. The quantitative estimate of drug-likeness (QED) is 0.790. The van der Waals surface area contributed by atoms with Crippen molar-refractivity contribution in [1.29, 1.82) is 0 Å². The number of aryl methyl sites for hydroxylation is 1. The Labute approximate surface area is 120 Å². The zero-order chi connectivity index (χ0) is 14.7. The predicted molar refractivity (Wildman–Crippen MR) is 75.3 cm³/mol. The lowest BCUT2D eigenvalue weighted by Crippen LogP contribution is -2.20. The van der Waals surface area contributed by atoms with Crippen LogP contribution < -0.4 is 5.32 Å². The van der Waals surface area contributed by atoms with Crippen LogP contribution in [0.15, 0.2) is 47.1 Å². The molecule has 0 aliphatic carbocycles. The summed E-state index contributed by atoms with van der Waals surface area (Å²) < 4.78 is 5.17. The van der Waals surface area contributed by atoms with Gasteiger partial charge >= 0.3 is 0 Å². The average molecular weight is 283 g/mol. The second kappa shape index (κ2) is 5.58. The van der Waals surface area contributed by atoms with Gasteiger partial charge in [0.2, 0.25) is 11.7 Å². The van der Waals surface area contributed by atoms with Gasteiger partial charge in [-0.15, -0.1) is 10.2 Å². The second-order valence-electron chi connectivity index (χ2n) is 4.53. The van der Waals surface area contributed by atoms with E-state index in [9.17, 15) is 4.79 Å². The van der Waals surface area contributed by atoms with Gasteiger partial charge in [0, 0.05) is 5.69 Å². The minimum absolute atomic E-state index is 0.0123. The lowest BCUT2D eigenvalue weighted by atomic mass is 10.2. The van der Waals surface area contributed by atoms with Crippen LogP contribution >= 0.6 is 0 Å². The Morgan fingerprint density at radius 1 is 1.29 bits per heavy atom. The van der Waals surface area contributed by atoms with E-state index in [0.717, 1.165) is 11.3 Å². The molecule has 3 aromatic rings. The Bertz CT molecular complexity index is 731. The Morgan fingerprint density at radius 3 is 2.81 bits per heavy atom. The van der Waals surface area contributed by atoms with Crippen LogP contribution in [0.3, 0.4) is 0 Å². The summed E-state index contributed by atoms with van der Waals surface area (Å²) >= 11 is 0. The summed E-state index contributed by atoms with van der Waals surface area (Å²) in [5, 5.41) is 14.5. The summed E-state index contributed by atoms with van der Waals surface area (Å²) in [6.45, 7) is 1.97. The highest BCUT2D eigenvalue weighted by atomic mass is 16.3. The summed E-state index contributed by atoms with van der Waals surface area (Å²) in [7, 11) is 0. The minimum Gasteiger partial charge on any atom is -0.461 e. The summed E-state index contributed by atoms with van der Waals surface area (Å²) in [5.74, 6) is 0.644. The van der Waals surface area contributed by atoms with E-state index in [2.05, 4.69) is 20.7 Å². The third-order valence-corrected chi connectivity index (χ3v) is 2.81. The van der Waals surface area contributed by atoms with E-state index in [1.54, 1.807) is 12.1 Å². The monoisotopic (exact) mass is 283 g/mol. The van der Waals surface area contributed by atoms with Crippen molar-refractivity contribution < 1.29 is 9.21 Å². The first-order chi connectivity index (χ1) is 10.2. The van der Waals surface area contributed by atoms with E-state index in [1.807, 2.05) is 31.2 Å². The van der Waals surface area contributed by atoms with Crippen molar-refractivity contribution in [2.75, 3.05) is 5.32 Å². The minimum atomic E-state index is -0.220. The smallest absolute Gasteiger partial charge is 0.248 e. The second-order valence-corrected chi connectivity index (χ2v) is 4.53. The first-order valence-corrected chi connectivity index (χ1v) is 6.39. The Balaban J connectivity index is 1.64. The molecule has 0 bridgehead atoms. The molecule has 7 nitrogen and oxygen atoms in total. The van der Waals surface area contributed by atoms with Crippen molar-refractivity contribution in [2.24, 2.45) is 0 Å². The van der Waals surface area contributed by atoms with E-state index in [-0.39, 0.29) is 12.5 Å². The van der Waals surface area contributed by atoms with Crippen LogP contribution in [0.5, 0.6) is 0 Å². The molecule has 1 amide bonds. The van der Waals surface area contributed by atoms with Crippen LogP contribution in [0.2, 0.25) is 0 Å². The van der Waals surface area contributed by atoms with E-state index in [4.69, 9.17) is 4.42 Å².